The Labute approximate surface area is 64.7 Å². The van der Waals surface area contributed by atoms with Gasteiger partial charge in [-0.2, -0.15) is 0 Å². The Morgan fingerprint density at radius 3 is 3.00 bits per heavy atom. The largest absolute Gasteiger partial charge is 0.289 e. The molecule has 1 aliphatic rings. The van der Waals surface area contributed by atoms with Gasteiger partial charge >= 0.3 is 0 Å². The molecule has 0 aliphatic carbocycles. The van der Waals surface area contributed by atoms with Crippen molar-refractivity contribution in [2.45, 2.75) is 11.9 Å². The van der Waals surface area contributed by atoms with Crippen molar-refractivity contribution >= 4 is 15.9 Å². The Balaban J connectivity index is 2.30. The first kappa shape index (κ1) is 7.51. The molecule has 0 amide bonds. The lowest BCUT2D eigenvalue weighted by Crippen LogP contribution is -2.44. The summed E-state index contributed by atoms with van der Waals surface area (Å²) in [6.07, 6.45) is 0. The number of alkyl halides is 1. The van der Waals surface area contributed by atoms with E-state index in [2.05, 4.69) is 33.1 Å². The summed E-state index contributed by atoms with van der Waals surface area (Å²) in [4.78, 5) is 2.88. The smallest absolute Gasteiger partial charge is 0.0799 e. The summed E-state index contributed by atoms with van der Waals surface area (Å²) in [6.45, 7) is 6.39. The number of nitrogens with zero attached hydrogens (tertiary/aromatic N) is 2. The average Bonchev–Trinajstić information content (AvgIpc) is 1.89. The Bertz CT molecular complexity index is 87.1. The maximum Gasteiger partial charge on any atom is 0.0799 e. The molecule has 1 aliphatic heterocycles. The fraction of sp³-hybridized carbons (Fsp3) is 1.00. The quantitative estimate of drug-likeness (QED) is 0.440. The molecular formula is C6H12BrN2. The molecule has 0 spiro atoms. The number of likely N-dealkylation sites (N-methyl/N-ethyl adjacent to an activating group) is 1. The van der Waals surface area contributed by atoms with Gasteiger partial charge in [-0.15, -0.1) is 0 Å². The Morgan fingerprint density at radius 1 is 1.78 bits per heavy atom. The van der Waals surface area contributed by atoms with Crippen LogP contribution in [0.1, 0.15) is 6.92 Å². The fourth-order valence-corrected chi connectivity index (χ4v) is 1.71. The van der Waals surface area contributed by atoms with Crippen LogP contribution in [-0.2, 0) is 0 Å². The van der Waals surface area contributed by atoms with Gasteiger partial charge in [0.25, 0.3) is 0 Å². The molecule has 0 saturated carbocycles. The van der Waals surface area contributed by atoms with E-state index in [9.17, 15) is 0 Å². The normalized spacial score (nSPS) is 30.7. The van der Waals surface area contributed by atoms with Gasteiger partial charge in [-0.3, -0.25) is 4.90 Å². The van der Waals surface area contributed by atoms with E-state index < -0.39 is 0 Å². The van der Waals surface area contributed by atoms with Crippen LogP contribution in [0.5, 0.6) is 0 Å². The van der Waals surface area contributed by atoms with Crippen molar-refractivity contribution in [3.8, 4) is 0 Å². The van der Waals surface area contributed by atoms with Crippen LogP contribution in [-0.4, -0.2) is 36.0 Å². The molecule has 1 saturated heterocycles. The van der Waals surface area contributed by atoms with Crippen LogP contribution in [0.2, 0.25) is 0 Å². The molecule has 1 heterocycles. The summed E-state index contributed by atoms with van der Waals surface area (Å²) >= 11 is 3.55. The molecule has 1 fully saturated rings. The van der Waals surface area contributed by atoms with Gasteiger partial charge in [0, 0.05) is 19.6 Å². The number of piperazine rings is 1. The molecule has 53 valence electrons. The maximum absolute atomic E-state index is 4.27. The van der Waals surface area contributed by atoms with Crippen LogP contribution in [0.4, 0.5) is 0 Å². The van der Waals surface area contributed by atoms with E-state index in [1.165, 1.54) is 0 Å². The minimum Gasteiger partial charge on any atom is -0.289 e. The summed E-state index contributed by atoms with van der Waals surface area (Å²) in [5.41, 5.74) is 0. The first-order valence-corrected chi connectivity index (χ1v) is 4.27. The van der Waals surface area contributed by atoms with E-state index in [1.807, 2.05) is 0 Å². The van der Waals surface area contributed by atoms with Crippen LogP contribution >= 0.6 is 15.9 Å². The third kappa shape index (κ3) is 1.92. The number of rotatable bonds is 1. The van der Waals surface area contributed by atoms with Crippen LogP contribution in [0.25, 0.3) is 0 Å². The predicted molar refractivity (Wildman–Crippen MR) is 41.8 cm³/mol. The molecule has 1 unspecified atom stereocenters. The first-order chi connectivity index (χ1) is 4.34. The van der Waals surface area contributed by atoms with Gasteiger partial charge in [-0.1, -0.05) is 22.9 Å². The van der Waals surface area contributed by atoms with Crippen LogP contribution in [0.15, 0.2) is 0 Å². The molecule has 1 radical (unpaired) electrons. The second-order valence-electron chi connectivity index (χ2n) is 2.19. The number of halogens is 1. The zero-order valence-electron chi connectivity index (χ0n) is 5.68. The van der Waals surface area contributed by atoms with E-state index in [0.717, 1.165) is 26.2 Å². The second-order valence-corrected chi connectivity index (χ2v) is 3.25. The molecule has 1 atom stereocenters. The van der Waals surface area contributed by atoms with Gasteiger partial charge in [0.1, 0.15) is 0 Å². The predicted octanol–water partition coefficient (Wildman–Crippen LogP) is 0.647. The van der Waals surface area contributed by atoms with Crippen molar-refractivity contribution in [1.29, 1.82) is 0 Å². The highest BCUT2D eigenvalue weighted by atomic mass is 79.9. The van der Waals surface area contributed by atoms with E-state index in [1.54, 1.807) is 0 Å². The summed E-state index contributed by atoms with van der Waals surface area (Å²) in [7, 11) is 0. The molecule has 0 bridgehead atoms. The Kier molecular flexibility index (Phi) is 2.95. The Hall–Kier alpha value is 0.400. The highest BCUT2D eigenvalue weighted by molar-refractivity contribution is 9.09. The molecular weight excluding hydrogens is 180 g/mol. The van der Waals surface area contributed by atoms with Crippen molar-refractivity contribution in [1.82, 2.24) is 10.2 Å². The maximum atomic E-state index is 4.27. The van der Waals surface area contributed by atoms with E-state index >= 15 is 0 Å². The van der Waals surface area contributed by atoms with Crippen LogP contribution < -0.4 is 5.32 Å². The minimum absolute atomic E-state index is 0.497. The fourth-order valence-electron chi connectivity index (χ4n) is 1.01. The van der Waals surface area contributed by atoms with Gasteiger partial charge in [-0.25, -0.2) is 5.32 Å². The molecule has 1 rings (SSSR count). The van der Waals surface area contributed by atoms with Gasteiger partial charge < -0.3 is 0 Å². The van der Waals surface area contributed by atoms with Crippen molar-refractivity contribution in [3.05, 3.63) is 0 Å². The van der Waals surface area contributed by atoms with Crippen LogP contribution in [0.3, 0.4) is 0 Å². The third-order valence-corrected chi connectivity index (χ3v) is 2.50. The highest BCUT2D eigenvalue weighted by Crippen LogP contribution is 2.08. The van der Waals surface area contributed by atoms with E-state index in [0.29, 0.717) is 4.95 Å². The molecule has 2 nitrogen and oxygen atoms in total. The molecule has 0 aromatic rings. The summed E-state index contributed by atoms with van der Waals surface area (Å²) < 4.78 is 0. The Morgan fingerprint density at radius 2 is 2.56 bits per heavy atom. The zero-order valence-corrected chi connectivity index (χ0v) is 7.26. The zero-order chi connectivity index (χ0) is 6.69. The summed E-state index contributed by atoms with van der Waals surface area (Å²) in [6, 6.07) is 0. The van der Waals surface area contributed by atoms with Crippen LogP contribution in [0, 0.1) is 0 Å². The molecule has 9 heavy (non-hydrogen) atoms. The lowest BCUT2D eigenvalue weighted by Gasteiger charge is -2.30. The van der Waals surface area contributed by atoms with Gasteiger partial charge in [0.2, 0.25) is 0 Å². The van der Waals surface area contributed by atoms with Gasteiger partial charge in [-0.05, 0) is 6.54 Å². The molecule has 0 aromatic carbocycles. The standard InChI is InChI=1S/C6H12BrN2/c1-2-9-4-3-8-5-6(9)7/h6H,2-5H2,1H3. The molecule has 3 heteroatoms. The summed E-state index contributed by atoms with van der Waals surface area (Å²) in [5, 5.41) is 4.27. The highest BCUT2D eigenvalue weighted by Gasteiger charge is 2.17. The monoisotopic (exact) mass is 191 g/mol. The molecule has 0 N–H and O–H groups in total. The second kappa shape index (κ2) is 3.54. The third-order valence-electron chi connectivity index (χ3n) is 1.63. The number of hydrogen-bond donors (Lipinski definition) is 0. The van der Waals surface area contributed by atoms with E-state index in [4.69, 9.17) is 0 Å². The average molecular weight is 192 g/mol. The topological polar surface area (TPSA) is 17.3 Å². The first-order valence-electron chi connectivity index (χ1n) is 3.36. The van der Waals surface area contributed by atoms with E-state index in [-0.39, 0.29) is 0 Å². The van der Waals surface area contributed by atoms with Crippen molar-refractivity contribution in [2.24, 2.45) is 0 Å². The summed E-state index contributed by atoms with van der Waals surface area (Å²) in [5.74, 6) is 0. The van der Waals surface area contributed by atoms with Gasteiger partial charge in [0.15, 0.2) is 0 Å². The number of hydrogen-bond acceptors (Lipinski definition) is 1. The lowest BCUT2D eigenvalue weighted by molar-refractivity contribution is 0.232. The van der Waals surface area contributed by atoms with Crippen molar-refractivity contribution < 1.29 is 0 Å². The SMILES string of the molecule is CCN1CC[N]CC1Br. The lowest BCUT2D eigenvalue weighted by atomic mass is 10.4. The van der Waals surface area contributed by atoms with Crippen molar-refractivity contribution in [2.75, 3.05) is 26.2 Å². The minimum atomic E-state index is 0.497. The molecule has 0 aromatic heterocycles. The van der Waals surface area contributed by atoms with Gasteiger partial charge in [0.05, 0.1) is 4.95 Å². The van der Waals surface area contributed by atoms with Crippen molar-refractivity contribution in [3.63, 3.8) is 0 Å².